The van der Waals surface area contributed by atoms with Crippen molar-refractivity contribution in [1.82, 2.24) is 20.1 Å². The minimum absolute atomic E-state index is 0.0532. The predicted octanol–water partition coefficient (Wildman–Crippen LogP) is 1.25. The van der Waals surface area contributed by atoms with Gasteiger partial charge in [-0.05, 0) is 19.8 Å². The molecular weight excluding hydrogens is 290 g/mol. The Morgan fingerprint density at radius 2 is 2.33 bits per heavy atom. The first-order valence-corrected chi connectivity index (χ1v) is 7.51. The quantitative estimate of drug-likeness (QED) is 0.890. The van der Waals surface area contributed by atoms with Crippen LogP contribution in [0.4, 0.5) is 0 Å². The molecule has 110 valence electrons. The van der Waals surface area contributed by atoms with Crippen LogP contribution in [0.25, 0.3) is 0 Å². The van der Waals surface area contributed by atoms with E-state index < -0.39 is 5.91 Å². The predicted molar refractivity (Wildman–Crippen MR) is 77.0 cm³/mol. The largest absolute Gasteiger partial charge is 0.365 e. The van der Waals surface area contributed by atoms with Gasteiger partial charge >= 0.3 is 0 Å². The fourth-order valence-corrected chi connectivity index (χ4v) is 3.45. The molecule has 0 bridgehead atoms. The summed E-state index contributed by atoms with van der Waals surface area (Å²) in [7, 11) is 0. The molecule has 0 radical (unpaired) electrons. The van der Waals surface area contributed by atoms with E-state index in [4.69, 9.17) is 5.73 Å². The van der Waals surface area contributed by atoms with E-state index in [2.05, 4.69) is 15.2 Å². The summed E-state index contributed by atoms with van der Waals surface area (Å²) in [5.41, 5.74) is 8.72. The number of hydrogen-bond donors (Lipinski definition) is 2. The fraction of sp³-hybridized carbons (Fsp3) is 0.385. The number of aryl methyl sites for hydroxylation is 1. The SMILES string of the molecule is Cc1ncsc1C(=O)N1CCC[C@@H]1c1[nH]ncc1C(N)=O. The van der Waals surface area contributed by atoms with E-state index in [9.17, 15) is 9.59 Å². The van der Waals surface area contributed by atoms with Crippen LogP contribution >= 0.6 is 11.3 Å². The minimum atomic E-state index is -0.535. The highest BCUT2D eigenvalue weighted by Crippen LogP contribution is 2.34. The van der Waals surface area contributed by atoms with Crippen molar-refractivity contribution < 1.29 is 9.59 Å². The van der Waals surface area contributed by atoms with Crippen LogP contribution in [0, 0.1) is 6.92 Å². The standard InChI is InChI=1S/C13H15N5O2S/c1-7-11(21-6-15-7)13(20)18-4-2-3-9(18)10-8(12(14)19)5-16-17-10/h5-6,9H,2-4H2,1H3,(H2,14,19)(H,16,17)/t9-/m1/s1. The lowest BCUT2D eigenvalue weighted by Gasteiger charge is -2.24. The van der Waals surface area contributed by atoms with E-state index in [1.54, 1.807) is 10.4 Å². The van der Waals surface area contributed by atoms with Gasteiger partial charge in [0, 0.05) is 6.54 Å². The fourth-order valence-electron chi connectivity index (χ4n) is 2.69. The number of carbonyl (C=O) groups is 2. The lowest BCUT2D eigenvalue weighted by atomic mass is 10.1. The Labute approximate surface area is 125 Å². The Hall–Kier alpha value is -2.22. The number of aromatic amines is 1. The Morgan fingerprint density at radius 1 is 1.52 bits per heavy atom. The summed E-state index contributed by atoms with van der Waals surface area (Å²) in [5, 5.41) is 6.71. The van der Waals surface area contributed by atoms with E-state index in [0.717, 1.165) is 18.5 Å². The maximum Gasteiger partial charge on any atom is 0.266 e. The maximum atomic E-state index is 12.7. The summed E-state index contributed by atoms with van der Waals surface area (Å²) in [4.78, 5) is 30.6. The van der Waals surface area contributed by atoms with Crippen molar-refractivity contribution in [2.24, 2.45) is 5.73 Å². The summed E-state index contributed by atoms with van der Waals surface area (Å²) in [6.07, 6.45) is 3.08. The van der Waals surface area contributed by atoms with Crippen molar-refractivity contribution in [3.8, 4) is 0 Å². The molecule has 3 heterocycles. The first-order chi connectivity index (χ1) is 10.1. The number of rotatable bonds is 3. The van der Waals surface area contributed by atoms with Gasteiger partial charge in [-0.2, -0.15) is 5.10 Å². The second kappa shape index (κ2) is 5.28. The molecular formula is C13H15N5O2S. The molecule has 7 nitrogen and oxygen atoms in total. The number of primary amides is 1. The van der Waals surface area contributed by atoms with Gasteiger partial charge in [-0.15, -0.1) is 11.3 Å². The maximum absolute atomic E-state index is 12.7. The van der Waals surface area contributed by atoms with Gasteiger partial charge in [0.05, 0.1) is 34.7 Å². The number of H-pyrrole nitrogens is 1. The zero-order valence-electron chi connectivity index (χ0n) is 11.5. The van der Waals surface area contributed by atoms with Crippen LogP contribution in [-0.4, -0.2) is 38.4 Å². The average Bonchev–Trinajstić information content (AvgIpc) is 3.17. The zero-order valence-corrected chi connectivity index (χ0v) is 12.3. The van der Waals surface area contributed by atoms with E-state index in [1.165, 1.54) is 17.5 Å². The van der Waals surface area contributed by atoms with E-state index in [-0.39, 0.29) is 11.9 Å². The summed E-state index contributed by atoms with van der Waals surface area (Å²) >= 11 is 1.33. The van der Waals surface area contributed by atoms with Crippen LogP contribution in [0.1, 0.15) is 50.3 Å². The topological polar surface area (TPSA) is 105 Å². The smallest absolute Gasteiger partial charge is 0.266 e. The van der Waals surface area contributed by atoms with Gasteiger partial charge in [-0.25, -0.2) is 4.98 Å². The van der Waals surface area contributed by atoms with Crippen molar-refractivity contribution in [2.45, 2.75) is 25.8 Å². The molecule has 3 N–H and O–H groups in total. The summed E-state index contributed by atoms with van der Waals surface area (Å²) in [5.74, 6) is -0.588. The van der Waals surface area contributed by atoms with Crippen molar-refractivity contribution in [1.29, 1.82) is 0 Å². The van der Waals surface area contributed by atoms with Crippen LogP contribution in [0.3, 0.4) is 0 Å². The summed E-state index contributed by atoms with van der Waals surface area (Å²) in [6.45, 7) is 2.47. The second-order valence-corrected chi connectivity index (χ2v) is 5.84. The monoisotopic (exact) mass is 305 g/mol. The van der Waals surface area contributed by atoms with Gasteiger partial charge < -0.3 is 10.6 Å². The van der Waals surface area contributed by atoms with Crippen LogP contribution < -0.4 is 5.73 Å². The van der Waals surface area contributed by atoms with Crippen molar-refractivity contribution in [3.05, 3.63) is 33.5 Å². The Kier molecular flexibility index (Phi) is 3.46. The molecule has 0 unspecified atom stereocenters. The number of nitrogens with one attached hydrogen (secondary N) is 1. The van der Waals surface area contributed by atoms with E-state index in [1.807, 2.05) is 6.92 Å². The third-order valence-corrected chi connectivity index (χ3v) is 4.64. The number of nitrogens with zero attached hydrogens (tertiary/aromatic N) is 3. The molecule has 2 amide bonds. The van der Waals surface area contributed by atoms with Crippen LogP contribution in [0.2, 0.25) is 0 Å². The molecule has 0 aliphatic carbocycles. The Bertz CT molecular complexity index is 692. The number of aromatic nitrogens is 3. The van der Waals surface area contributed by atoms with Gasteiger partial charge in [0.25, 0.3) is 11.8 Å². The first-order valence-electron chi connectivity index (χ1n) is 6.63. The number of carbonyl (C=O) groups excluding carboxylic acids is 2. The summed E-state index contributed by atoms with van der Waals surface area (Å²) in [6, 6.07) is -0.191. The highest BCUT2D eigenvalue weighted by atomic mass is 32.1. The molecule has 1 atom stereocenters. The molecule has 1 saturated heterocycles. The van der Waals surface area contributed by atoms with Gasteiger partial charge in [-0.3, -0.25) is 14.7 Å². The zero-order chi connectivity index (χ0) is 15.0. The lowest BCUT2D eigenvalue weighted by Crippen LogP contribution is -2.31. The molecule has 8 heteroatoms. The third kappa shape index (κ3) is 2.31. The number of likely N-dealkylation sites (tertiary alicyclic amines) is 1. The van der Waals surface area contributed by atoms with Gasteiger partial charge in [0.2, 0.25) is 0 Å². The Balaban J connectivity index is 1.93. The lowest BCUT2D eigenvalue weighted by molar-refractivity contribution is 0.0734. The molecule has 2 aromatic heterocycles. The highest BCUT2D eigenvalue weighted by molar-refractivity contribution is 7.11. The van der Waals surface area contributed by atoms with Crippen molar-refractivity contribution in [2.75, 3.05) is 6.54 Å². The van der Waals surface area contributed by atoms with Crippen molar-refractivity contribution in [3.63, 3.8) is 0 Å². The van der Waals surface area contributed by atoms with Crippen LogP contribution in [-0.2, 0) is 0 Å². The van der Waals surface area contributed by atoms with Gasteiger partial charge in [-0.1, -0.05) is 0 Å². The van der Waals surface area contributed by atoms with Crippen molar-refractivity contribution >= 4 is 23.2 Å². The van der Waals surface area contributed by atoms with Crippen LogP contribution in [0.5, 0.6) is 0 Å². The third-order valence-electron chi connectivity index (χ3n) is 3.72. The highest BCUT2D eigenvalue weighted by Gasteiger charge is 2.35. The Morgan fingerprint density at radius 3 is 3.00 bits per heavy atom. The minimum Gasteiger partial charge on any atom is -0.365 e. The molecule has 21 heavy (non-hydrogen) atoms. The molecule has 0 saturated carbocycles. The van der Waals surface area contributed by atoms with Crippen LogP contribution in [0.15, 0.2) is 11.7 Å². The molecule has 0 aromatic carbocycles. The number of nitrogens with two attached hydrogens (primary N) is 1. The first kappa shape index (κ1) is 13.7. The average molecular weight is 305 g/mol. The van der Waals surface area contributed by atoms with Gasteiger partial charge in [0.15, 0.2) is 0 Å². The van der Waals surface area contributed by atoms with Gasteiger partial charge in [0.1, 0.15) is 4.88 Å². The molecule has 1 fully saturated rings. The number of hydrogen-bond acceptors (Lipinski definition) is 5. The molecule has 1 aliphatic heterocycles. The summed E-state index contributed by atoms with van der Waals surface area (Å²) < 4.78 is 0. The van der Waals surface area contributed by atoms with E-state index in [0.29, 0.717) is 22.7 Å². The molecule has 1 aliphatic rings. The number of amides is 2. The van der Waals surface area contributed by atoms with E-state index >= 15 is 0 Å². The molecule has 3 rings (SSSR count). The number of thiazole rings is 1. The normalized spacial score (nSPS) is 18.1. The molecule has 2 aromatic rings. The second-order valence-electron chi connectivity index (χ2n) is 4.99. The molecule has 0 spiro atoms.